The highest BCUT2D eigenvalue weighted by molar-refractivity contribution is 7.84. The summed E-state index contributed by atoms with van der Waals surface area (Å²) in [5, 5.41) is 3.26. The summed E-state index contributed by atoms with van der Waals surface area (Å²) in [7, 11) is 0.892. The van der Waals surface area contributed by atoms with Crippen LogP contribution in [0.1, 0.15) is 19.4 Å². The van der Waals surface area contributed by atoms with Gasteiger partial charge in [0.15, 0.2) is 11.5 Å². The summed E-state index contributed by atoms with van der Waals surface area (Å²) < 4.78 is 21.9. The monoisotopic (exact) mass is 285 g/mol. The van der Waals surface area contributed by atoms with E-state index < -0.39 is 10.8 Å². The number of benzene rings is 1. The van der Waals surface area contributed by atoms with Crippen molar-refractivity contribution in [2.45, 2.75) is 26.5 Å². The first-order valence-corrected chi connectivity index (χ1v) is 8.10. The van der Waals surface area contributed by atoms with Gasteiger partial charge in [-0.1, -0.05) is 6.07 Å². The van der Waals surface area contributed by atoms with E-state index in [0.717, 1.165) is 30.2 Å². The number of rotatable bonds is 8. The fourth-order valence-corrected chi connectivity index (χ4v) is 2.05. The van der Waals surface area contributed by atoms with Crippen LogP contribution in [0.2, 0.25) is 0 Å². The summed E-state index contributed by atoms with van der Waals surface area (Å²) in [6, 6.07) is 5.90. The summed E-state index contributed by atoms with van der Waals surface area (Å²) in [5.41, 5.74) is 1.12. The van der Waals surface area contributed by atoms with Crippen LogP contribution in [0.4, 0.5) is 0 Å². The zero-order valence-corrected chi connectivity index (χ0v) is 12.9. The van der Waals surface area contributed by atoms with Crippen molar-refractivity contribution in [3.8, 4) is 11.5 Å². The van der Waals surface area contributed by atoms with Crippen LogP contribution in [0.25, 0.3) is 0 Å². The normalized spacial score (nSPS) is 12.5. The van der Waals surface area contributed by atoms with Gasteiger partial charge in [0.1, 0.15) is 0 Å². The van der Waals surface area contributed by atoms with Crippen LogP contribution in [0.15, 0.2) is 18.2 Å². The molecule has 0 aromatic heterocycles. The molecular weight excluding hydrogens is 262 g/mol. The van der Waals surface area contributed by atoms with Gasteiger partial charge in [0.2, 0.25) is 0 Å². The number of ether oxygens (including phenoxy) is 2. The lowest BCUT2D eigenvalue weighted by Gasteiger charge is -2.14. The van der Waals surface area contributed by atoms with E-state index in [9.17, 15) is 4.21 Å². The minimum atomic E-state index is -0.747. The first-order chi connectivity index (χ1) is 9.02. The molecule has 5 heteroatoms. The standard InChI is InChI=1S/C14H23NO3S/c1-11(2)18-13-6-5-12(9-14(13)17-3)10-15-7-8-19(4)16/h5-6,9,11,15H,7-8,10H2,1-4H3. The molecule has 0 heterocycles. The van der Waals surface area contributed by atoms with E-state index in [1.54, 1.807) is 13.4 Å². The van der Waals surface area contributed by atoms with Gasteiger partial charge < -0.3 is 14.8 Å². The maximum absolute atomic E-state index is 10.9. The van der Waals surface area contributed by atoms with Crippen LogP contribution in [-0.4, -0.2) is 36.0 Å². The van der Waals surface area contributed by atoms with Gasteiger partial charge in [-0.15, -0.1) is 0 Å². The first kappa shape index (κ1) is 16.0. The largest absolute Gasteiger partial charge is 0.493 e. The molecule has 0 saturated carbocycles. The molecular formula is C14H23NO3S. The number of hydrogen-bond acceptors (Lipinski definition) is 4. The van der Waals surface area contributed by atoms with Crippen molar-refractivity contribution in [3.05, 3.63) is 23.8 Å². The summed E-state index contributed by atoms with van der Waals surface area (Å²) in [6.45, 7) is 5.45. The topological polar surface area (TPSA) is 47.6 Å². The van der Waals surface area contributed by atoms with Crippen molar-refractivity contribution in [2.75, 3.05) is 25.7 Å². The fourth-order valence-electron chi connectivity index (χ4n) is 1.62. The SMILES string of the molecule is COc1cc(CNCCS(C)=O)ccc1OC(C)C. The van der Waals surface area contributed by atoms with Crippen LogP contribution in [0.3, 0.4) is 0 Å². The van der Waals surface area contributed by atoms with Gasteiger partial charge in [0.25, 0.3) is 0 Å². The first-order valence-electron chi connectivity index (χ1n) is 6.37. The average Bonchev–Trinajstić information content (AvgIpc) is 2.35. The van der Waals surface area contributed by atoms with Gasteiger partial charge in [-0.3, -0.25) is 4.21 Å². The molecule has 0 amide bonds. The molecule has 1 rings (SSSR count). The second-order valence-electron chi connectivity index (χ2n) is 4.61. The lowest BCUT2D eigenvalue weighted by atomic mass is 10.2. The van der Waals surface area contributed by atoms with Gasteiger partial charge in [-0.05, 0) is 31.5 Å². The lowest BCUT2D eigenvalue weighted by Crippen LogP contribution is -2.19. The third-order valence-electron chi connectivity index (χ3n) is 2.49. The summed E-state index contributed by atoms with van der Waals surface area (Å²) in [5.74, 6) is 2.18. The molecule has 0 aliphatic carbocycles. The third-order valence-corrected chi connectivity index (χ3v) is 3.27. The molecule has 1 N–H and O–H groups in total. The Balaban J connectivity index is 2.58. The zero-order valence-electron chi connectivity index (χ0n) is 12.1. The molecule has 1 atom stereocenters. The van der Waals surface area contributed by atoms with Crippen molar-refractivity contribution >= 4 is 10.8 Å². The maximum Gasteiger partial charge on any atom is 0.161 e. The number of nitrogens with one attached hydrogen (secondary N) is 1. The van der Waals surface area contributed by atoms with E-state index in [0.29, 0.717) is 5.75 Å². The van der Waals surface area contributed by atoms with Crippen molar-refractivity contribution in [3.63, 3.8) is 0 Å². The Hall–Kier alpha value is -1.07. The molecule has 0 spiro atoms. The fraction of sp³-hybridized carbons (Fsp3) is 0.571. The van der Waals surface area contributed by atoms with Crippen molar-refractivity contribution < 1.29 is 13.7 Å². The van der Waals surface area contributed by atoms with E-state index in [2.05, 4.69) is 5.32 Å². The van der Waals surface area contributed by atoms with E-state index in [-0.39, 0.29) is 6.10 Å². The van der Waals surface area contributed by atoms with Crippen LogP contribution in [0.5, 0.6) is 11.5 Å². The minimum Gasteiger partial charge on any atom is -0.493 e. The molecule has 1 aromatic carbocycles. The molecule has 108 valence electrons. The molecule has 4 nitrogen and oxygen atoms in total. The van der Waals surface area contributed by atoms with Gasteiger partial charge in [0, 0.05) is 35.9 Å². The predicted octanol–water partition coefficient (Wildman–Crippen LogP) is 1.95. The summed E-state index contributed by atoms with van der Waals surface area (Å²) >= 11 is 0. The Morgan fingerprint density at radius 2 is 2.05 bits per heavy atom. The van der Waals surface area contributed by atoms with Gasteiger partial charge in [0.05, 0.1) is 13.2 Å². The van der Waals surface area contributed by atoms with Gasteiger partial charge in [-0.25, -0.2) is 0 Å². The molecule has 0 saturated heterocycles. The molecule has 19 heavy (non-hydrogen) atoms. The molecule has 0 fully saturated rings. The van der Waals surface area contributed by atoms with E-state index in [1.165, 1.54) is 0 Å². The number of methoxy groups -OCH3 is 1. The Labute approximate surface area is 118 Å². The Kier molecular flexibility index (Phi) is 6.87. The van der Waals surface area contributed by atoms with Crippen molar-refractivity contribution in [1.82, 2.24) is 5.32 Å². The van der Waals surface area contributed by atoms with Crippen LogP contribution in [0, 0.1) is 0 Å². The molecule has 1 aromatic rings. The predicted molar refractivity (Wildman–Crippen MR) is 79.4 cm³/mol. The smallest absolute Gasteiger partial charge is 0.161 e. The van der Waals surface area contributed by atoms with Crippen molar-refractivity contribution in [1.29, 1.82) is 0 Å². The molecule has 0 bridgehead atoms. The maximum atomic E-state index is 10.9. The highest BCUT2D eigenvalue weighted by Crippen LogP contribution is 2.28. The zero-order chi connectivity index (χ0) is 14.3. The Bertz CT molecular complexity index is 421. The Morgan fingerprint density at radius 1 is 1.32 bits per heavy atom. The van der Waals surface area contributed by atoms with E-state index in [4.69, 9.17) is 9.47 Å². The van der Waals surface area contributed by atoms with E-state index >= 15 is 0 Å². The molecule has 0 radical (unpaired) electrons. The molecule has 1 unspecified atom stereocenters. The van der Waals surface area contributed by atoms with E-state index in [1.807, 2.05) is 32.0 Å². The average molecular weight is 285 g/mol. The highest BCUT2D eigenvalue weighted by Gasteiger charge is 2.07. The van der Waals surface area contributed by atoms with Crippen molar-refractivity contribution in [2.24, 2.45) is 0 Å². The second-order valence-corrected chi connectivity index (χ2v) is 6.16. The summed E-state index contributed by atoms with van der Waals surface area (Å²) in [4.78, 5) is 0. The highest BCUT2D eigenvalue weighted by atomic mass is 32.2. The quantitative estimate of drug-likeness (QED) is 0.742. The summed E-state index contributed by atoms with van der Waals surface area (Å²) in [6.07, 6.45) is 1.83. The lowest BCUT2D eigenvalue weighted by molar-refractivity contribution is 0.230. The molecule has 0 aliphatic rings. The van der Waals surface area contributed by atoms with Gasteiger partial charge >= 0.3 is 0 Å². The minimum absolute atomic E-state index is 0.123. The van der Waals surface area contributed by atoms with Gasteiger partial charge in [-0.2, -0.15) is 0 Å². The van der Waals surface area contributed by atoms with Crippen LogP contribution >= 0.6 is 0 Å². The van der Waals surface area contributed by atoms with Crippen LogP contribution < -0.4 is 14.8 Å². The van der Waals surface area contributed by atoms with Crippen LogP contribution in [-0.2, 0) is 17.3 Å². The second kappa shape index (κ2) is 8.17. The molecule has 0 aliphatic heterocycles. The number of hydrogen-bond donors (Lipinski definition) is 1. The Morgan fingerprint density at radius 3 is 2.63 bits per heavy atom. The third kappa shape index (κ3) is 6.07.